The number of thioether (sulfide) groups is 1. The first-order valence-electron chi connectivity index (χ1n) is 7.35. The van der Waals surface area contributed by atoms with Crippen LogP contribution in [0.2, 0.25) is 0 Å². The van der Waals surface area contributed by atoms with E-state index in [0.717, 1.165) is 23.9 Å². The second-order valence-corrected chi connectivity index (χ2v) is 8.06. The van der Waals surface area contributed by atoms with Gasteiger partial charge in [-0.1, -0.05) is 12.1 Å². The predicted octanol–water partition coefficient (Wildman–Crippen LogP) is 4.16. The van der Waals surface area contributed by atoms with E-state index in [1.165, 1.54) is 41.3 Å². The Balaban J connectivity index is 2.21. The Morgan fingerprint density at radius 1 is 1.07 bits per heavy atom. The van der Waals surface area contributed by atoms with E-state index in [2.05, 4.69) is 9.46 Å². The zero-order chi connectivity index (χ0) is 20.2. The van der Waals surface area contributed by atoms with Crippen LogP contribution in [0.1, 0.15) is 0 Å². The summed E-state index contributed by atoms with van der Waals surface area (Å²) in [4.78, 5) is 13.0. The number of anilines is 1. The highest BCUT2D eigenvalue weighted by Gasteiger charge is 2.34. The van der Waals surface area contributed by atoms with Gasteiger partial charge in [0.2, 0.25) is 0 Å². The number of benzene rings is 2. The Morgan fingerprint density at radius 2 is 1.67 bits per heavy atom. The SMILES string of the molecule is CN(C)C(=O)Sc1ccc(NS(=O)(=O)c2ccccc2OC(F)(F)F)cc1. The molecular formula is C16H15F3N2O4S2. The van der Waals surface area contributed by atoms with Crippen LogP contribution in [0.4, 0.5) is 23.7 Å². The van der Waals surface area contributed by atoms with Crippen LogP contribution in [-0.4, -0.2) is 39.0 Å². The lowest BCUT2D eigenvalue weighted by Crippen LogP contribution is -2.20. The molecule has 0 saturated carbocycles. The van der Waals surface area contributed by atoms with Crippen LogP contribution in [0.5, 0.6) is 5.75 Å². The van der Waals surface area contributed by atoms with Crippen molar-refractivity contribution in [2.75, 3.05) is 18.8 Å². The van der Waals surface area contributed by atoms with E-state index in [9.17, 15) is 26.4 Å². The van der Waals surface area contributed by atoms with Gasteiger partial charge in [0.25, 0.3) is 15.3 Å². The van der Waals surface area contributed by atoms with Crippen molar-refractivity contribution < 1.29 is 31.1 Å². The van der Waals surface area contributed by atoms with Gasteiger partial charge in [0, 0.05) is 24.7 Å². The summed E-state index contributed by atoms with van der Waals surface area (Å²) in [5, 5.41) is -0.207. The van der Waals surface area contributed by atoms with Crippen molar-refractivity contribution in [1.29, 1.82) is 0 Å². The van der Waals surface area contributed by atoms with Crippen molar-refractivity contribution >= 4 is 32.7 Å². The number of nitrogens with zero attached hydrogens (tertiary/aromatic N) is 1. The highest BCUT2D eigenvalue weighted by molar-refractivity contribution is 8.13. The third-order valence-corrected chi connectivity index (χ3v) is 5.51. The molecule has 0 fully saturated rings. The van der Waals surface area contributed by atoms with E-state index in [0.29, 0.717) is 4.90 Å². The van der Waals surface area contributed by atoms with Gasteiger partial charge in [-0.2, -0.15) is 0 Å². The molecule has 0 aromatic heterocycles. The molecule has 146 valence electrons. The summed E-state index contributed by atoms with van der Waals surface area (Å²) >= 11 is 0.948. The molecule has 11 heteroatoms. The fourth-order valence-corrected chi connectivity index (χ4v) is 3.72. The maximum absolute atomic E-state index is 12.5. The van der Waals surface area contributed by atoms with Crippen molar-refractivity contribution in [3.8, 4) is 5.75 Å². The number of ether oxygens (including phenoxy) is 1. The third kappa shape index (κ3) is 6.07. The molecule has 0 saturated heterocycles. The molecule has 0 unspecified atom stereocenters. The first-order valence-corrected chi connectivity index (χ1v) is 9.65. The van der Waals surface area contributed by atoms with Crippen molar-refractivity contribution in [3.63, 3.8) is 0 Å². The lowest BCUT2D eigenvalue weighted by Gasteiger charge is -2.14. The van der Waals surface area contributed by atoms with Crippen LogP contribution in [0, 0.1) is 0 Å². The molecule has 0 spiro atoms. The Labute approximate surface area is 158 Å². The van der Waals surface area contributed by atoms with E-state index in [-0.39, 0.29) is 10.9 Å². The van der Waals surface area contributed by atoms with Crippen LogP contribution >= 0.6 is 11.8 Å². The minimum atomic E-state index is -5.02. The number of rotatable bonds is 5. The van der Waals surface area contributed by atoms with Crippen LogP contribution in [0.3, 0.4) is 0 Å². The fraction of sp³-hybridized carbons (Fsp3) is 0.188. The number of hydrogen-bond donors (Lipinski definition) is 1. The van der Waals surface area contributed by atoms with Crippen molar-refractivity contribution in [2.24, 2.45) is 0 Å². The molecule has 2 rings (SSSR count). The Hall–Kier alpha value is -2.40. The monoisotopic (exact) mass is 420 g/mol. The average molecular weight is 420 g/mol. The van der Waals surface area contributed by atoms with Gasteiger partial charge in [-0.15, -0.1) is 13.2 Å². The molecule has 2 aromatic rings. The van der Waals surface area contributed by atoms with E-state index >= 15 is 0 Å². The topological polar surface area (TPSA) is 75.7 Å². The third-order valence-electron chi connectivity index (χ3n) is 3.04. The number of carbonyl (C=O) groups is 1. The normalized spacial score (nSPS) is 11.7. The standard InChI is InChI=1S/C16H15F3N2O4S2/c1-21(2)15(22)26-12-9-7-11(8-10-12)20-27(23,24)14-6-4-3-5-13(14)25-16(17,18)19/h3-10,20H,1-2H3. The van der Waals surface area contributed by atoms with Gasteiger partial charge in [0.15, 0.2) is 0 Å². The molecule has 0 aliphatic carbocycles. The molecule has 2 aromatic carbocycles. The molecular weight excluding hydrogens is 405 g/mol. The minimum absolute atomic E-state index is 0.124. The molecule has 6 nitrogen and oxygen atoms in total. The summed E-state index contributed by atoms with van der Waals surface area (Å²) in [6.45, 7) is 0. The predicted molar refractivity (Wildman–Crippen MR) is 95.3 cm³/mol. The van der Waals surface area contributed by atoms with E-state index in [1.807, 2.05) is 0 Å². The number of carbonyl (C=O) groups excluding carboxylic acids is 1. The molecule has 0 aliphatic rings. The first-order chi connectivity index (χ1) is 12.5. The largest absolute Gasteiger partial charge is 0.573 e. The van der Waals surface area contributed by atoms with Gasteiger partial charge in [0.05, 0.1) is 0 Å². The maximum Gasteiger partial charge on any atom is 0.573 e. The van der Waals surface area contributed by atoms with Crippen molar-refractivity contribution in [2.45, 2.75) is 16.2 Å². The molecule has 1 N–H and O–H groups in total. The highest BCUT2D eigenvalue weighted by atomic mass is 32.2. The fourth-order valence-electron chi connectivity index (χ4n) is 1.87. The maximum atomic E-state index is 12.5. The van der Waals surface area contributed by atoms with Gasteiger partial charge in [-0.05, 0) is 48.2 Å². The second kappa shape index (κ2) is 8.09. The number of amides is 1. The summed E-state index contributed by atoms with van der Waals surface area (Å²) in [6, 6.07) is 10.3. The number of para-hydroxylation sites is 1. The summed E-state index contributed by atoms with van der Waals surface area (Å²) in [5.74, 6) is -0.832. The van der Waals surface area contributed by atoms with E-state index in [4.69, 9.17) is 0 Å². The minimum Gasteiger partial charge on any atom is -0.404 e. The van der Waals surface area contributed by atoms with Gasteiger partial charge in [-0.25, -0.2) is 8.42 Å². The average Bonchev–Trinajstić information content (AvgIpc) is 2.55. The lowest BCUT2D eigenvalue weighted by atomic mass is 10.3. The first kappa shape index (κ1) is 20.9. The van der Waals surface area contributed by atoms with Crippen molar-refractivity contribution in [3.05, 3.63) is 48.5 Å². The number of hydrogen-bond acceptors (Lipinski definition) is 5. The van der Waals surface area contributed by atoms with Gasteiger partial charge < -0.3 is 9.64 Å². The molecule has 1 amide bonds. The lowest BCUT2D eigenvalue weighted by molar-refractivity contribution is -0.275. The molecule has 0 atom stereocenters. The molecule has 0 bridgehead atoms. The van der Waals surface area contributed by atoms with Gasteiger partial charge in [-0.3, -0.25) is 9.52 Å². The highest BCUT2D eigenvalue weighted by Crippen LogP contribution is 2.31. The number of halogens is 3. The quantitative estimate of drug-likeness (QED) is 0.735. The van der Waals surface area contributed by atoms with Gasteiger partial charge in [0.1, 0.15) is 10.6 Å². The second-order valence-electron chi connectivity index (χ2n) is 5.39. The van der Waals surface area contributed by atoms with E-state index in [1.54, 1.807) is 14.1 Å². The Kier molecular flexibility index (Phi) is 6.26. The van der Waals surface area contributed by atoms with E-state index < -0.39 is 27.0 Å². The van der Waals surface area contributed by atoms with Gasteiger partial charge >= 0.3 is 6.36 Å². The molecule has 27 heavy (non-hydrogen) atoms. The zero-order valence-electron chi connectivity index (χ0n) is 14.1. The number of nitrogens with one attached hydrogen (secondary N) is 1. The zero-order valence-corrected chi connectivity index (χ0v) is 15.8. The van der Waals surface area contributed by atoms with Crippen LogP contribution in [0.25, 0.3) is 0 Å². The molecule has 0 heterocycles. The Bertz CT molecular complexity index is 914. The molecule has 0 aliphatic heterocycles. The smallest absolute Gasteiger partial charge is 0.404 e. The number of alkyl halides is 3. The van der Waals surface area contributed by atoms with Crippen LogP contribution in [-0.2, 0) is 10.0 Å². The Morgan fingerprint density at radius 3 is 2.22 bits per heavy atom. The summed E-state index contributed by atoms with van der Waals surface area (Å²) in [5.41, 5.74) is 0.124. The van der Waals surface area contributed by atoms with Crippen molar-refractivity contribution in [1.82, 2.24) is 4.90 Å². The molecule has 0 radical (unpaired) electrons. The summed E-state index contributed by atoms with van der Waals surface area (Å²) in [6.07, 6.45) is -5.02. The number of sulfonamides is 1. The summed E-state index contributed by atoms with van der Waals surface area (Å²) in [7, 11) is -1.13. The van der Waals surface area contributed by atoms with Crippen LogP contribution in [0.15, 0.2) is 58.3 Å². The van der Waals surface area contributed by atoms with Crippen LogP contribution < -0.4 is 9.46 Å². The summed E-state index contributed by atoms with van der Waals surface area (Å²) < 4.78 is 68.2.